The zero-order valence-electron chi connectivity index (χ0n) is 9.25. The average molecular weight is 193 g/mol. The van der Waals surface area contributed by atoms with Gasteiger partial charge in [0.1, 0.15) is 5.82 Å². The van der Waals surface area contributed by atoms with Gasteiger partial charge in [-0.3, -0.25) is 4.68 Å². The van der Waals surface area contributed by atoms with Gasteiger partial charge in [0.2, 0.25) is 0 Å². The maximum atomic E-state index is 4.35. The standard InChI is InChI=1S/C11H19N3/c1-11(2)7-4-5-9(11)12-10-6-8-14(3)13-10/h6,8-9H,4-5,7H2,1-3H3,(H,12,13). The molecule has 0 bridgehead atoms. The van der Waals surface area contributed by atoms with Crippen LogP contribution in [0.25, 0.3) is 0 Å². The lowest BCUT2D eigenvalue weighted by atomic mass is 9.87. The van der Waals surface area contributed by atoms with Gasteiger partial charge < -0.3 is 5.32 Å². The summed E-state index contributed by atoms with van der Waals surface area (Å²) in [5, 5.41) is 7.87. The van der Waals surface area contributed by atoms with E-state index in [9.17, 15) is 0 Å². The van der Waals surface area contributed by atoms with Gasteiger partial charge in [0, 0.05) is 25.4 Å². The summed E-state index contributed by atoms with van der Waals surface area (Å²) in [6, 6.07) is 2.62. The van der Waals surface area contributed by atoms with Gasteiger partial charge in [-0.05, 0) is 18.3 Å². The Hall–Kier alpha value is -0.990. The molecule has 1 unspecified atom stereocenters. The van der Waals surface area contributed by atoms with Gasteiger partial charge in [-0.1, -0.05) is 20.3 Å². The zero-order chi connectivity index (χ0) is 10.2. The summed E-state index contributed by atoms with van der Waals surface area (Å²) in [4.78, 5) is 0. The Morgan fingerprint density at radius 1 is 1.57 bits per heavy atom. The molecule has 1 saturated carbocycles. The van der Waals surface area contributed by atoms with Gasteiger partial charge in [0.05, 0.1) is 0 Å². The van der Waals surface area contributed by atoms with Gasteiger partial charge in [-0.15, -0.1) is 0 Å². The SMILES string of the molecule is Cn1ccc(NC2CCCC2(C)C)n1. The number of nitrogens with zero attached hydrogens (tertiary/aromatic N) is 2. The van der Waals surface area contributed by atoms with Crippen LogP contribution in [0.15, 0.2) is 12.3 Å². The fraction of sp³-hybridized carbons (Fsp3) is 0.727. The monoisotopic (exact) mass is 193 g/mol. The molecule has 0 amide bonds. The van der Waals surface area contributed by atoms with Crippen LogP contribution in [0.1, 0.15) is 33.1 Å². The van der Waals surface area contributed by atoms with E-state index >= 15 is 0 Å². The van der Waals surface area contributed by atoms with E-state index in [2.05, 4.69) is 24.3 Å². The van der Waals surface area contributed by atoms with E-state index in [4.69, 9.17) is 0 Å². The molecule has 1 aromatic rings. The highest BCUT2D eigenvalue weighted by Crippen LogP contribution is 2.38. The molecule has 14 heavy (non-hydrogen) atoms. The molecule has 1 aliphatic rings. The molecule has 1 fully saturated rings. The molecule has 78 valence electrons. The molecule has 0 radical (unpaired) electrons. The van der Waals surface area contributed by atoms with E-state index in [0.29, 0.717) is 11.5 Å². The van der Waals surface area contributed by atoms with Crippen molar-refractivity contribution in [2.75, 3.05) is 5.32 Å². The number of nitrogens with one attached hydrogen (secondary N) is 1. The summed E-state index contributed by atoms with van der Waals surface area (Å²) < 4.78 is 1.84. The summed E-state index contributed by atoms with van der Waals surface area (Å²) in [5.74, 6) is 1.01. The summed E-state index contributed by atoms with van der Waals surface area (Å²) in [7, 11) is 1.95. The molecular weight excluding hydrogens is 174 g/mol. The molecule has 0 saturated heterocycles. The van der Waals surface area contributed by atoms with Crippen LogP contribution in [0.5, 0.6) is 0 Å². The lowest BCUT2D eigenvalue weighted by Gasteiger charge is -2.27. The highest BCUT2D eigenvalue weighted by atomic mass is 15.3. The first-order valence-electron chi connectivity index (χ1n) is 5.34. The molecule has 1 N–H and O–H groups in total. The molecule has 0 aliphatic heterocycles. The Kier molecular flexibility index (Phi) is 2.25. The Labute approximate surface area is 85.5 Å². The highest BCUT2D eigenvalue weighted by molar-refractivity contribution is 5.34. The third kappa shape index (κ3) is 1.76. The van der Waals surface area contributed by atoms with Gasteiger partial charge in [0.25, 0.3) is 0 Å². The van der Waals surface area contributed by atoms with Crippen LogP contribution in [-0.2, 0) is 7.05 Å². The van der Waals surface area contributed by atoms with Crippen molar-refractivity contribution in [3.05, 3.63) is 12.3 Å². The second-order valence-corrected chi connectivity index (χ2v) is 4.95. The highest BCUT2D eigenvalue weighted by Gasteiger charge is 2.34. The van der Waals surface area contributed by atoms with E-state index < -0.39 is 0 Å². The number of aryl methyl sites for hydroxylation is 1. The van der Waals surface area contributed by atoms with E-state index in [1.807, 2.05) is 24.0 Å². The van der Waals surface area contributed by atoms with Gasteiger partial charge >= 0.3 is 0 Å². The second kappa shape index (κ2) is 3.30. The molecule has 0 spiro atoms. The molecular formula is C11H19N3. The molecule has 3 heteroatoms. The quantitative estimate of drug-likeness (QED) is 0.781. The lowest BCUT2D eigenvalue weighted by molar-refractivity contribution is 0.349. The van der Waals surface area contributed by atoms with Crippen LogP contribution in [0, 0.1) is 5.41 Å². The molecule has 0 aromatic carbocycles. The maximum Gasteiger partial charge on any atom is 0.148 e. The van der Waals surface area contributed by atoms with Crippen molar-refractivity contribution < 1.29 is 0 Å². The third-order valence-electron chi connectivity index (χ3n) is 3.29. The molecule has 3 nitrogen and oxygen atoms in total. The second-order valence-electron chi connectivity index (χ2n) is 4.95. The maximum absolute atomic E-state index is 4.35. The first-order valence-corrected chi connectivity index (χ1v) is 5.34. The summed E-state index contributed by atoms with van der Waals surface area (Å²) in [5.41, 5.74) is 0.414. The molecule has 1 aliphatic carbocycles. The number of rotatable bonds is 2. The van der Waals surface area contributed by atoms with Gasteiger partial charge in [0.15, 0.2) is 0 Å². The Bertz CT molecular complexity index is 314. The van der Waals surface area contributed by atoms with Crippen molar-refractivity contribution in [3.63, 3.8) is 0 Å². The van der Waals surface area contributed by atoms with Crippen molar-refractivity contribution in [1.29, 1.82) is 0 Å². The van der Waals surface area contributed by atoms with Crippen LogP contribution in [-0.4, -0.2) is 15.8 Å². The van der Waals surface area contributed by atoms with Crippen LogP contribution in [0.4, 0.5) is 5.82 Å². The summed E-state index contributed by atoms with van der Waals surface area (Å²) >= 11 is 0. The van der Waals surface area contributed by atoms with Crippen molar-refractivity contribution in [2.45, 2.75) is 39.2 Å². The normalized spacial score (nSPS) is 25.2. The number of hydrogen-bond donors (Lipinski definition) is 1. The largest absolute Gasteiger partial charge is 0.365 e. The fourth-order valence-electron chi connectivity index (χ4n) is 2.26. The summed E-state index contributed by atoms with van der Waals surface area (Å²) in [6.45, 7) is 4.67. The van der Waals surface area contributed by atoms with Crippen molar-refractivity contribution in [2.24, 2.45) is 12.5 Å². The van der Waals surface area contributed by atoms with E-state index in [-0.39, 0.29) is 0 Å². The van der Waals surface area contributed by atoms with Crippen molar-refractivity contribution >= 4 is 5.82 Å². The minimum absolute atomic E-state index is 0.414. The number of anilines is 1. The predicted molar refractivity (Wildman–Crippen MR) is 58.3 cm³/mol. The minimum Gasteiger partial charge on any atom is -0.365 e. The Balaban J connectivity index is 2.04. The molecule has 1 heterocycles. The Morgan fingerprint density at radius 2 is 2.36 bits per heavy atom. The van der Waals surface area contributed by atoms with Gasteiger partial charge in [-0.2, -0.15) is 5.10 Å². The van der Waals surface area contributed by atoms with E-state index in [1.165, 1.54) is 19.3 Å². The van der Waals surface area contributed by atoms with Gasteiger partial charge in [-0.25, -0.2) is 0 Å². The zero-order valence-corrected chi connectivity index (χ0v) is 9.25. The molecule has 2 rings (SSSR count). The smallest absolute Gasteiger partial charge is 0.148 e. The average Bonchev–Trinajstić information content (AvgIpc) is 2.61. The predicted octanol–water partition coefficient (Wildman–Crippen LogP) is 2.41. The first-order chi connectivity index (χ1) is 6.58. The van der Waals surface area contributed by atoms with Crippen molar-refractivity contribution in [1.82, 2.24) is 9.78 Å². The van der Waals surface area contributed by atoms with Crippen LogP contribution >= 0.6 is 0 Å². The minimum atomic E-state index is 0.414. The van der Waals surface area contributed by atoms with Crippen LogP contribution in [0.2, 0.25) is 0 Å². The summed E-state index contributed by atoms with van der Waals surface area (Å²) in [6.07, 6.45) is 5.89. The molecule has 1 atom stereocenters. The first kappa shape index (κ1) is 9.56. The fourth-order valence-corrected chi connectivity index (χ4v) is 2.26. The van der Waals surface area contributed by atoms with Crippen LogP contribution in [0.3, 0.4) is 0 Å². The van der Waals surface area contributed by atoms with Crippen molar-refractivity contribution in [3.8, 4) is 0 Å². The Morgan fingerprint density at radius 3 is 2.86 bits per heavy atom. The van der Waals surface area contributed by atoms with Crippen LogP contribution < -0.4 is 5.32 Å². The topological polar surface area (TPSA) is 29.9 Å². The number of hydrogen-bond acceptors (Lipinski definition) is 2. The third-order valence-corrected chi connectivity index (χ3v) is 3.29. The van der Waals surface area contributed by atoms with E-state index in [0.717, 1.165) is 5.82 Å². The number of aromatic nitrogens is 2. The lowest BCUT2D eigenvalue weighted by Crippen LogP contribution is -2.30. The molecule has 1 aromatic heterocycles. The van der Waals surface area contributed by atoms with E-state index in [1.54, 1.807) is 0 Å².